The van der Waals surface area contributed by atoms with Crippen LogP contribution in [-0.2, 0) is 4.74 Å². The lowest BCUT2D eigenvalue weighted by Gasteiger charge is -2.40. The largest absolute Gasteiger partial charge is 0.476 e. The standard InChI is InChI=1S/C18H21F2N3O3/c19-18(20)9-22(10-18)15-4-3-14(21-16(15)26-7-11-1-2-11)17(24)23-6-13-5-12(23)8-25-13/h3-4,11-13H,1-2,5-10H2/t12-,13-/m1/s1. The van der Waals surface area contributed by atoms with Gasteiger partial charge in [-0.1, -0.05) is 0 Å². The van der Waals surface area contributed by atoms with Gasteiger partial charge in [-0.3, -0.25) is 4.79 Å². The van der Waals surface area contributed by atoms with Crippen molar-refractivity contribution < 1.29 is 23.0 Å². The minimum Gasteiger partial charge on any atom is -0.476 e. The second-order valence-electron chi connectivity index (χ2n) is 7.79. The third-order valence-corrected chi connectivity index (χ3v) is 5.56. The van der Waals surface area contributed by atoms with Crippen molar-refractivity contribution in [1.29, 1.82) is 0 Å². The molecule has 140 valence electrons. The van der Waals surface area contributed by atoms with Crippen molar-refractivity contribution in [3.8, 4) is 5.88 Å². The number of fused-ring (bicyclic) bond motifs is 2. The van der Waals surface area contributed by atoms with Gasteiger partial charge in [0, 0.05) is 6.54 Å². The Labute approximate surface area is 150 Å². The molecule has 6 nitrogen and oxygen atoms in total. The number of halogens is 2. The van der Waals surface area contributed by atoms with E-state index in [-0.39, 0.29) is 31.1 Å². The average Bonchev–Trinajstić information content (AvgIpc) is 3.19. The van der Waals surface area contributed by atoms with Gasteiger partial charge in [0.05, 0.1) is 38.4 Å². The van der Waals surface area contributed by atoms with E-state index in [4.69, 9.17) is 9.47 Å². The van der Waals surface area contributed by atoms with Crippen LogP contribution in [0.25, 0.3) is 0 Å². The fraction of sp³-hybridized carbons (Fsp3) is 0.667. The van der Waals surface area contributed by atoms with Crippen molar-refractivity contribution in [2.75, 3.05) is 37.7 Å². The summed E-state index contributed by atoms with van der Waals surface area (Å²) in [6, 6.07) is 3.41. The summed E-state index contributed by atoms with van der Waals surface area (Å²) in [7, 11) is 0. The fourth-order valence-corrected chi connectivity index (χ4v) is 3.86. The lowest BCUT2D eigenvalue weighted by molar-refractivity contribution is -0.0265. The number of amides is 1. The van der Waals surface area contributed by atoms with Crippen LogP contribution >= 0.6 is 0 Å². The van der Waals surface area contributed by atoms with Gasteiger partial charge in [0.1, 0.15) is 11.4 Å². The van der Waals surface area contributed by atoms with Gasteiger partial charge < -0.3 is 19.3 Å². The fourth-order valence-electron chi connectivity index (χ4n) is 3.86. The van der Waals surface area contributed by atoms with Gasteiger partial charge >= 0.3 is 0 Å². The molecule has 1 aromatic rings. The number of hydrogen-bond donors (Lipinski definition) is 0. The highest BCUT2D eigenvalue weighted by Gasteiger charge is 2.46. The first-order valence-electron chi connectivity index (χ1n) is 9.18. The first-order valence-corrected chi connectivity index (χ1v) is 9.18. The molecule has 5 rings (SSSR count). The van der Waals surface area contributed by atoms with Gasteiger partial charge in [0.2, 0.25) is 5.88 Å². The minimum absolute atomic E-state index is 0.110. The van der Waals surface area contributed by atoms with E-state index in [9.17, 15) is 13.6 Å². The van der Waals surface area contributed by atoms with Gasteiger partial charge in [-0.15, -0.1) is 0 Å². The zero-order chi connectivity index (χ0) is 17.9. The van der Waals surface area contributed by atoms with Crippen molar-refractivity contribution in [2.24, 2.45) is 5.92 Å². The zero-order valence-electron chi connectivity index (χ0n) is 14.4. The number of anilines is 1. The van der Waals surface area contributed by atoms with Crippen LogP contribution in [0.3, 0.4) is 0 Å². The first kappa shape index (κ1) is 16.2. The van der Waals surface area contributed by atoms with E-state index in [0.29, 0.717) is 42.9 Å². The molecular weight excluding hydrogens is 344 g/mol. The topological polar surface area (TPSA) is 54.9 Å². The molecule has 4 heterocycles. The molecule has 1 saturated carbocycles. The molecule has 1 aliphatic carbocycles. The first-order chi connectivity index (χ1) is 12.5. The quantitative estimate of drug-likeness (QED) is 0.798. The number of nitrogens with zero attached hydrogens (tertiary/aromatic N) is 3. The molecule has 8 heteroatoms. The SMILES string of the molecule is O=C(c1ccc(N2CC(F)(F)C2)c(OCC2CC2)n1)N1C[C@H]2C[C@@H]1CO2. The number of likely N-dealkylation sites (tertiary alicyclic amines) is 1. The van der Waals surface area contributed by atoms with E-state index >= 15 is 0 Å². The molecule has 0 N–H and O–H groups in total. The Bertz CT molecular complexity index is 732. The van der Waals surface area contributed by atoms with Crippen molar-refractivity contribution in [1.82, 2.24) is 9.88 Å². The number of carbonyl (C=O) groups excluding carboxylic acids is 1. The lowest BCUT2D eigenvalue weighted by atomic mass is 10.1. The van der Waals surface area contributed by atoms with Crippen molar-refractivity contribution in [2.45, 2.75) is 37.3 Å². The predicted octanol–water partition coefficient (Wildman–Crippen LogP) is 1.94. The minimum atomic E-state index is -2.67. The summed E-state index contributed by atoms with van der Waals surface area (Å²) in [6.45, 7) is 1.00. The molecule has 4 aliphatic rings. The number of morpholine rings is 1. The van der Waals surface area contributed by atoms with Gasteiger partial charge in [-0.25, -0.2) is 13.8 Å². The summed E-state index contributed by atoms with van der Waals surface area (Å²) >= 11 is 0. The monoisotopic (exact) mass is 365 g/mol. The van der Waals surface area contributed by atoms with Crippen LogP contribution in [0, 0.1) is 5.92 Å². The summed E-state index contributed by atoms with van der Waals surface area (Å²) in [5.74, 6) is -2.01. The average molecular weight is 365 g/mol. The molecule has 3 aliphatic heterocycles. The van der Waals surface area contributed by atoms with E-state index in [1.54, 1.807) is 21.9 Å². The third-order valence-electron chi connectivity index (χ3n) is 5.56. The molecule has 26 heavy (non-hydrogen) atoms. The molecular formula is C18H21F2N3O3. The lowest BCUT2D eigenvalue weighted by Crippen LogP contribution is -2.56. The van der Waals surface area contributed by atoms with Gasteiger partial charge in [-0.05, 0) is 37.3 Å². The summed E-state index contributed by atoms with van der Waals surface area (Å²) in [5, 5.41) is 0. The number of pyridine rings is 1. The Morgan fingerprint density at radius 1 is 1.35 bits per heavy atom. The second-order valence-corrected chi connectivity index (χ2v) is 7.79. The van der Waals surface area contributed by atoms with Crippen LogP contribution in [0.5, 0.6) is 5.88 Å². The van der Waals surface area contributed by atoms with Crippen LogP contribution in [0.4, 0.5) is 14.5 Å². The molecule has 0 radical (unpaired) electrons. The van der Waals surface area contributed by atoms with E-state index in [2.05, 4.69) is 4.98 Å². The van der Waals surface area contributed by atoms with Gasteiger partial charge in [-0.2, -0.15) is 0 Å². The van der Waals surface area contributed by atoms with Crippen molar-refractivity contribution in [3.05, 3.63) is 17.8 Å². The molecule has 1 aromatic heterocycles. The maximum Gasteiger partial charge on any atom is 0.282 e. The Kier molecular flexibility index (Phi) is 3.60. The van der Waals surface area contributed by atoms with Crippen molar-refractivity contribution >= 4 is 11.6 Å². The molecule has 0 spiro atoms. The predicted molar refractivity (Wildman–Crippen MR) is 88.8 cm³/mol. The molecule has 2 atom stereocenters. The number of hydrogen-bond acceptors (Lipinski definition) is 5. The molecule has 2 bridgehead atoms. The summed E-state index contributed by atoms with van der Waals surface area (Å²) in [6.07, 6.45) is 3.23. The smallest absolute Gasteiger partial charge is 0.282 e. The summed E-state index contributed by atoms with van der Waals surface area (Å²) in [4.78, 5) is 20.6. The van der Waals surface area contributed by atoms with E-state index in [1.807, 2.05) is 0 Å². The second kappa shape index (κ2) is 5.77. The van der Waals surface area contributed by atoms with Crippen LogP contribution in [0.15, 0.2) is 12.1 Å². The third kappa shape index (κ3) is 2.90. The normalized spacial score (nSPS) is 29.0. The number of rotatable bonds is 5. The number of alkyl halides is 2. The Balaban J connectivity index is 1.37. The highest BCUT2D eigenvalue weighted by Crippen LogP contribution is 2.38. The highest BCUT2D eigenvalue weighted by atomic mass is 19.3. The number of carbonyl (C=O) groups is 1. The maximum atomic E-state index is 13.3. The molecule has 4 fully saturated rings. The van der Waals surface area contributed by atoms with Crippen LogP contribution in [0.1, 0.15) is 29.8 Å². The van der Waals surface area contributed by atoms with E-state index in [1.165, 1.54) is 0 Å². The molecule has 0 aromatic carbocycles. The van der Waals surface area contributed by atoms with Crippen LogP contribution < -0.4 is 9.64 Å². The van der Waals surface area contributed by atoms with Crippen molar-refractivity contribution in [3.63, 3.8) is 0 Å². The van der Waals surface area contributed by atoms with Gasteiger partial charge in [0.15, 0.2) is 0 Å². The zero-order valence-corrected chi connectivity index (χ0v) is 14.4. The Morgan fingerprint density at radius 2 is 2.15 bits per heavy atom. The Morgan fingerprint density at radius 3 is 2.77 bits per heavy atom. The molecule has 0 unspecified atom stereocenters. The van der Waals surface area contributed by atoms with Crippen LogP contribution in [-0.4, -0.2) is 66.7 Å². The van der Waals surface area contributed by atoms with E-state index < -0.39 is 5.92 Å². The number of aromatic nitrogens is 1. The summed E-state index contributed by atoms with van der Waals surface area (Å²) in [5.41, 5.74) is 0.846. The van der Waals surface area contributed by atoms with Gasteiger partial charge in [0.25, 0.3) is 11.8 Å². The maximum absolute atomic E-state index is 13.3. The van der Waals surface area contributed by atoms with E-state index in [0.717, 1.165) is 19.3 Å². The highest BCUT2D eigenvalue weighted by molar-refractivity contribution is 5.93. The van der Waals surface area contributed by atoms with Crippen LogP contribution in [0.2, 0.25) is 0 Å². The summed E-state index contributed by atoms with van der Waals surface area (Å²) < 4.78 is 37.9. The number of ether oxygens (including phenoxy) is 2. The molecule has 1 amide bonds. The molecule has 3 saturated heterocycles. The Hall–Kier alpha value is -1.96.